The summed E-state index contributed by atoms with van der Waals surface area (Å²) >= 11 is 1.58. The second-order valence-electron chi connectivity index (χ2n) is 5.94. The van der Waals surface area contributed by atoms with Gasteiger partial charge in [0, 0.05) is 11.9 Å². The second-order valence-corrected chi connectivity index (χ2v) is 6.80. The Morgan fingerprint density at radius 3 is 3.10 bits per heavy atom. The van der Waals surface area contributed by atoms with Gasteiger partial charge in [-0.2, -0.15) is 0 Å². The van der Waals surface area contributed by atoms with Gasteiger partial charge >= 0.3 is 5.97 Å². The zero-order chi connectivity index (χ0) is 13.9. The summed E-state index contributed by atoms with van der Waals surface area (Å²) in [5.41, 5.74) is 0.809. The van der Waals surface area contributed by atoms with Crippen LogP contribution in [0.15, 0.2) is 5.38 Å². The van der Waals surface area contributed by atoms with Crippen molar-refractivity contribution in [1.82, 2.24) is 4.98 Å². The monoisotopic (exact) mass is 294 g/mol. The number of esters is 1. The van der Waals surface area contributed by atoms with Crippen molar-refractivity contribution in [1.29, 1.82) is 0 Å². The van der Waals surface area contributed by atoms with Gasteiger partial charge in [0.05, 0.1) is 18.7 Å². The molecular weight excluding hydrogens is 272 g/mol. The molecule has 3 rings (SSSR count). The zero-order valence-electron chi connectivity index (χ0n) is 11.9. The minimum Gasteiger partial charge on any atom is -0.466 e. The van der Waals surface area contributed by atoms with Crippen LogP contribution in [-0.2, 0) is 16.0 Å². The van der Waals surface area contributed by atoms with Crippen molar-refractivity contribution in [3.8, 4) is 0 Å². The largest absolute Gasteiger partial charge is 0.466 e. The van der Waals surface area contributed by atoms with E-state index < -0.39 is 0 Å². The molecule has 0 saturated heterocycles. The predicted molar refractivity (Wildman–Crippen MR) is 79.9 cm³/mol. The van der Waals surface area contributed by atoms with Crippen LogP contribution in [0, 0.1) is 17.8 Å². The van der Waals surface area contributed by atoms with Crippen molar-refractivity contribution >= 4 is 22.4 Å². The summed E-state index contributed by atoms with van der Waals surface area (Å²) < 4.78 is 4.94. The molecule has 0 radical (unpaired) electrons. The highest BCUT2D eigenvalue weighted by atomic mass is 32.1. The quantitative estimate of drug-likeness (QED) is 0.819. The maximum Gasteiger partial charge on any atom is 0.311 e. The van der Waals surface area contributed by atoms with E-state index in [4.69, 9.17) is 4.74 Å². The molecule has 3 unspecified atom stereocenters. The summed E-state index contributed by atoms with van der Waals surface area (Å²) in [6, 6.07) is 0. The molecule has 20 heavy (non-hydrogen) atoms. The minimum atomic E-state index is -0.197. The van der Waals surface area contributed by atoms with Crippen molar-refractivity contribution < 1.29 is 9.53 Å². The average Bonchev–Trinajstić information content (AvgIpc) is 3.12. The van der Waals surface area contributed by atoms with E-state index in [2.05, 4.69) is 10.3 Å². The van der Waals surface area contributed by atoms with E-state index in [9.17, 15) is 4.79 Å². The predicted octanol–water partition coefficient (Wildman–Crippen LogP) is 3.10. The van der Waals surface area contributed by atoms with Gasteiger partial charge in [-0.3, -0.25) is 4.79 Å². The molecule has 2 saturated carbocycles. The lowest BCUT2D eigenvalue weighted by Gasteiger charge is -2.21. The number of hydrogen-bond donors (Lipinski definition) is 1. The highest BCUT2D eigenvalue weighted by molar-refractivity contribution is 7.13. The first kappa shape index (κ1) is 13.9. The first-order chi connectivity index (χ1) is 9.74. The van der Waals surface area contributed by atoms with Gasteiger partial charge in [-0.05, 0) is 43.9 Å². The number of nitrogens with zero attached hydrogens (tertiary/aromatic N) is 1. The Hall–Kier alpha value is -1.10. The summed E-state index contributed by atoms with van der Waals surface area (Å²) in [4.78, 5) is 15.9. The molecule has 5 heteroatoms. The zero-order valence-corrected chi connectivity index (χ0v) is 12.7. The third-order valence-electron chi connectivity index (χ3n) is 4.58. The Kier molecular flexibility index (Phi) is 4.24. The van der Waals surface area contributed by atoms with E-state index in [0.717, 1.165) is 35.1 Å². The molecule has 1 N–H and O–H groups in total. The lowest BCUT2D eigenvalue weighted by molar-refractivity contribution is -0.142. The summed E-state index contributed by atoms with van der Waals surface area (Å²) in [7, 11) is 0. The van der Waals surface area contributed by atoms with Gasteiger partial charge in [0.2, 0.25) is 0 Å². The van der Waals surface area contributed by atoms with Crippen molar-refractivity contribution in [3.05, 3.63) is 11.1 Å². The summed E-state index contributed by atoms with van der Waals surface area (Å²) in [6.07, 6.45) is 5.97. The van der Waals surface area contributed by atoms with Gasteiger partial charge in [0.25, 0.3) is 0 Å². The van der Waals surface area contributed by atoms with Gasteiger partial charge in [-0.15, -0.1) is 11.3 Å². The molecule has 0 amide bonds. The van der Waals surface area contributed by atoms with Crippen LogP contribution in [0.2, 0.25) is 0 Å². The molecule has 110 valence electrons. The Balaban J connectivity index is 1.46. The standard InChI is InChI=1S/C15H22N2O2S/c1-2-19-14(18)7-13-9-20-15(17-13)16-8-12-6-10-3-4-11(12)5-10/h9-12H,2-8H2,1H3,(H,16,17). The maximum absolute atomic E-state index is 11.4. The Labute approximate surface area is 123 Å². The molecule has 1 heterocycles. The third kappa shape index (κ3) is 3.14. The average molecular weight is 294 g/mol. The van der Waals surface area contributed by atoms with Crippen LogP contribution in [0.3, 0.4) is 0 Å². The molecule has 1 aromatic heterocycles. The number of carbonyl (C=O) groups excluding carboxylic acids is 1. The molecule has 0 aromatic carbocycles. The van der Waals surface area contributed by atoms with E-state index in [1.54, 1.807) is 11.3 Å². The normalized spacial score (nSPS) is 27.8. The number of thiazole rings is 1. The van der Waals surface area contributed by atoms with Crippen LogP contribution in [0.5, 0.6) is 0 Å². The molecule has 2 aliphatic rings. The highest BCUT2D eigenvalue weighted by Gasteiger charge is 2.39. The third-order valence-corrected chi connectivity index (χ3v) is 5.43. The lowest BCUT2D eigenvalue weighted by Crippen LogP contribution is -2.20. The van der Waals surface area contributed by atoms with Crippen molar-refractivity contribution in [2.45, 2.75) is 39.0 Å². The molecule has 0 spiro atoms. The minimum absolute atomic E-state index is 0.197. The molecule has 2 fully saturated rings. The first-order valence-electron chi connectivity index (χ1n) is 7.58. The van der Waals surface area contributed by atoms with Crippen LogP contribution in [0.25, 0.3) is 0 Å². The van der Waals surface area contributed by atoms with E-state index in [0.29, 0.717) is 6.61 Å². The number of nitrogens with one attached hydrogen (secondary N) is 1. The van der Waals surface area contributed by atoms with Crippen LogP contribution in [-0.4, -0.2) is 24.1 Å². The number of rotatable bonds is 6. The fraction of sp³-hybridized carbons (Fsp3) is 0.733. The Morgan fingerprint density at radius 2 is 2.40 bits per heavy atom. The van der Waals surface area contributed by atoms with E-state index in [-0.39, 0.29) is 12.4 Å². The molecular formula is C15H22N2O2S. The van der Waals surface area contributed by atoms with Crippen molar-refractivity contribution in [2.24, 2.45) is 17.8 Å². The van der Waals surface area contributed by atoms with Gasteiger partial charge in [-0.25, -0.2) is 4.98 Å². The van der Waals surface area contributed by atoms with Gasteiger partial charge in [0.15, 0.2) is 5.13 Å². The summed E-state index contributed by atoms with van der Waals surface area (Å²) in [6.45, 7) is 3.28. The molecule has 0 aliphatic heterocycles. The van der Waals surface area contributed by atoms with Crippen LogP contribution in [0.4, 0.5) is 5.13 Å². The molecule has 2 aliphatic carbocycles. The fourth-order valence-electron chi connectivity index (χ4n) is 3.67. The molecule has 1 aromatic rings. The first-order valence-corrected chi connectivity index (χ1v) is 8.46. The number of aromatic nitrogens is 1. The topological polar surface area (TPSA) is 51.2 Å². The molecule has 4 nitrogen and oxygen atoms in total. The Bertz CT molecular complexity index is 474. The van der Waals surface area contributed by atoms with Gasteiger partial charge < -0.3 is 10.1 Å². The lowest BCUT2D eigenvalue weighted by atomic mass is 9.89. The van der Waals surface area contributed by atoms with E-state index in [1.165, 1.54) is 25.7 Å². The number of hydrogen-bond acceptors (Lipinski definition) is 5. The summed E-state index contributed by atoms with van der Waals surface area (Å²) in [5.74, 6) is 2.55. The Morgan fingerprint density at radius 1 is 1.50 bits per heavy atom. The van der Waals surface area contributed by atoms with Crippen LogP contribution >= 0.6 is 11.3 Å². The number of fused-ring (bicyclic) bond motifs is 2. The van der Waals surface area contributed by atoms with Crippen molar-refractivity contribution in [3.63, 3.8) is 0 Å². The number of carbonyl (C=O) groups is 1. The molecule has 2 bridgehead atoms. The van der Waals surface area contributed by atoms with Gasteiger partial charge in [0.1, 0.15) is 0 Å². The van der Waals surface area contributed by atoms with Crippen molar-refractivity contribution in [2.75, 3.05) is 18.5 Å². The summed E-state index contributed by atoms with van der Waals surface area (Å²) in [5, 5.41) is 6.33. The highest BCUT2D eigenvalue weighted by Crippen LogP contribution is 2.48. The van der Waals surface area contributed by atoms with E-state index >= 15 is 0 Å². The smallest absolute Gasteiger partial charge is 0.311 e. The molecule has 3 atom stereocenters. The van der Waals surface area contributed by atoms with Gasteiger partial charge in [-0.1, -0.05) is 6.42 Å². The SMILES string of the molecule is CCOC(=O)Cc1csc(NCC2CC3CCC2C3)n1. The van der Waals surface area contributed by atoms with Crippen LogP contribution in [0.1, 0.15) is 38.3 Å². The van der Waals surface area contributed by atoms with E-state index in [1.807, 2.05) is 12.3 Å². The number of ether oxygens (including phenoxy) is 1. The fourth-order valence-corrected chi connectivity index (χ4v) is 4.39. The second kappa shape index (κ2) is 6.12. The number of anilines is 1. The van der Waals surface area contributed by atoms with Crippen LogP contribution < -0.4 is 5.32 Å². The maximum atomic E-state index is 11.4.